The molecule has 1 aliphatic rings. The summed E-state index contributed by atoms with van der Waals surface area (Å²) in [7, 11) is 0. The van der Waals surface area contributed by atoms with E-state index < -0.39 is 0 Å². The summed E-state index contributed by atoms with van der Waals surface area (Å²) in [6.45, 7) is 1.85. The van der Waals surface area contributed by atoms with Gasteiger partial charge < -0.3 is 4.74 Å². The van der Waals surface area contributed by atoms with Crippen LogP contribution >= 0.6 is 0 Å². The summed E-state index contributed by atoms with van der Waals surface area (Å²) in [5.41, 5.74) is 1.14. The standard InChI is InChI=1S/C9H11O2/c1-8(10)11-7-9-5-3-2-4-6-9/h2-5H,6-7H2,1H3. The van der Waals surface area contributed by atoms with Gasteiger partial charge in [0.15, 0.2) is 0 Å². The highest BCUT2D eigenvalue weighted by Gasteiger charge is 2.00. The molecule has 1 rings (SSSR count). The molecule has 0 spiro atoms. The van der Waals surface area contributed by atoms with Gasteiger partial charge >= 0.3 is 5.97 Å². The van der Waals surface area contributed by atoms with Gasteiger partial charge in [0.1, 0.15) is 6.61 Å². The quantitative estimate of drug-likeness (QED) is 0.561. The second-order valence-electron chi connectivity index (χ2n) is 2.43. The monoisotopic (exact) mass is 151 g/mol. The zero-order chi connectivity index (χ0) is 8.10. The molecule has 0 saturated carbocycles. The van der Waals surface area contributed by atoms with Crippen molar-refractivity contribution in [1.82, 2.24) is 0 Å². The lowest BCUT2D eigenvalue weighted by Crippen LogP contribution is -2.03. The molecule has 0 aromatic rings. The van der Waals surface area contributed by atoms with E-state index in [1.807, 2.05) is 24.6 Å². The maximum absolute atomic E-state index is 10.4. The van der Waals surface area contributed by atoms with Crippen molar-refractivity contribution < 1.29 is 9.53 Å². The summed E-state index contributed by atoms with van der Waals surface area (Å²) < 4.78 is 4.82. The van der Waals surface area contributed by atoms with Crippen molar-refractivity contribution in [3.8, 4) is 0 Å². The summed E-state index contributed by atoms with van der Waals surface area (Å²) in [6.07, 6.45) is 8.84. The van der Waals surface area contributed by atoms with Gasteiger partial charge in [0.05, 0.1) is 0 Å². The van der Waals surface area contributed by atoms with Gasteiger partial charge in [0.25, 0.3) is 0 Å². The zero-order valence-electron chi connectivity index (χ0n) is 6.54. The number of esters is 1. The smallest absolute Gasteiger partial charge is 0.302 e. The van der Waals surface area contributed by atoms with Crippen LogP contribution in [0.2, 0.25) is 0 Å². The van der Waals surface area contributed by atoms with Crippen LogP contribution < -0.4 is 0 Å². The average Bonchev–Trinajstić information content (AvgIpc) is 2.03. The highest BCUT2D eigenvalue weighted by atomic mass is 16.5. The summed E-state index contributed by atoms with van der Waals surface area (Å²) in [4.78, 5) is 10.4. The van der Waals surface area contributed by atoms with Crippen LogP contribution in [0.25, 0.3) is 0 Å². The molecule has 0 saturated heterocycles. The first-order valence-electron chi connectivity index (χ1n) is 3.60. The van der Waals surface area contributed by atoms with E-state index in [1.165, 1.54) is 6.92 Å². The molecule has 0 fully saturated rings. The van der Waals surface area contributed by atoms with Gasteiger partial charge in [-0.1, -0.05) is 18.2 Å². The normalized spacial score (nSPS) is 15.9. The number of ether oxygens (including phenoxy) is 1. The molecule has 0 amide bonds. The van der Waals surface area contributed by atoms with E-state index in [4.69, 9.17) is 4.74 Å². The molecule has 0 N–H and O–H groups in total. The van der Waals surface area contributed by atoms with Crippen molar-refractivity contribution in [3.63, 3.8) is 0 Å². The van der Waals surface area contributed by atoms with Crippen LogP contribution in [-0.4, -0.2) is 12.6 Å². The summed E-state index contributed by atoms with van der Waals surface area (Å²) in [5.74, 6) is -0.222. The Bertz CT molecular complexity index is 202. The lowest BCUT2D eigenvalue weighted by molar-refractivity contribution is -0.140. The van der Waals surface area contributed by atoms with Gasteiger partial charge in [-0.3, -0.25) is 4.79 Å². The van der Waals surface area contributed by atoms with Gasteiger partial charge in [-0.25, -0.2) is 0 Å². The van der Waals surface area contributed by atoms with Crippen LogP contribution in [0.3, 0.4) is 0 Å². The number of allylic oxidation sites excluding steroid dienone is 3. The van der Waals surface area contributed by atoms with E-state index in [9.17, 15) is 4.79 Å². The van der Waals surface area contributed by atoms with Crippen LogP contribution in [0, 0.1) is 6.42 Å². The summed E-state index contributed by atoms with van der Waals surface area (Å²) in [5, 5.41) is 0. The Hall–Kier alpha value is -1.05. The number of carbonyl (C=O) groups excluding carboxylic acids is 1. The van der Waals surface area contributed by atoms with E-state index in [-0.39, 0.29) is 5.97 Å². The highest BCUT2D eigenvalue weighted by Crippen LogP contribution is 2.09. The van der Waals surface area contributed by atoms with Gasteiger partial charge in [0.2, 0.25) is 0 Å². The van der Waals surface area contributed by atoms with E-state index >= 15 is 0 Å². The molecule has 0 heterocycles. The predicted octanol–water partition coefficient (Wildman–Crippen LogP) is 1.64. The van der Waals surface area contributed by atoms with Gasteiger partial charge in [-0.2, -0.15) is 0 Å². The first-order valence-corrected chi connectivity index (χ1v) is 3.60. The maximum Gasteiger partial charge on any atom is 0.302 e. The molecule has 0 aliphatic heterocycles. The third-order valence-corrected chi connectivity index (χ3v) is 1.42. The van der Waals surface area contributed by atoms with Crippen LogP contribution in [0.1, 0.15) is 13.3 Å². The van der Waals surface area contributed by atoms with Crippen molar-refractivity contribution in [1.29, 1.82) is 0 Å². The highest BCUT2D eigenvalue weighted by molar-refractivity contribution is 5.66. The largest absolute Gasteiger partial charge is 0.461 e. The minimum Gasteiger partial charge on any atom is -0.461 e. The van der Waals surface area contributed by atoms with E-state index in [0.717, 1.165) is 12.0 Å². The Morgan fingerprint density at radius 1 is 1.73 bits per heavy atom. The Morgan fingerprint density at radius 3 is 3.09 bits per heavy atom. The van der Waals surface area contributed by atoms with Crippen molar-refractivity contribution in [2.75, 3.05) is 6.61 Å². The lowest BCUT2D eigenvalue weighted by Gasteiger charge is -2.07. The third kappa shape index (κ3) is 3.03. The van der Waals surface area contributed by atoms with Crippen molar-refractivity contribution in [2.24, 2.45) is 0 Å². The van der Waals surface area contributed by atoms with Gasteiger partial charge in [0, 0.05) is 13.3 Å². The molecule has 0 bridgehead atoms. The van der Waals surface area contributed by atoms with Crippen LogP contribution in [-0.2, 0) is 9.53 Å². The predicted molar refractivity (Wildman–Crippen MR) is 42.8 cm³/mol. The van der Waals surface area contributed by atoms with E-state index in [0.29, 0.717) is 6.61 Å². The number of carbonyl (C=O) groups is 1. The zero-order valence-corrected chi connectivity index (χ0v) is 6.54. The third-order valence-electron chi connectivity index (χ3n) is 1.42. The fraction of sp³-hybridized carbons (Fsp3) is 0.333. The Balaban J connectivity index is 2.26. The molecular weight excluding hydrogens is 140 g/mol. The average molecular weight is 151 g/mol. The molecule has 59 valence electrons. The Morgan fingerprint density at radius 2 is 2.55 bits per heavy atom. The summed E-state index contributed by atoms with van der Waals surface area (Å²) >= 11 is 0. The van der Waals surface area contributed by atoms with Crippen LogP contribution in [0.15, 0.2) is 23.8 Å². The van der Waals surface area contributed by atoms with Crippen molar-refractivity contribution in [2.45, 2.75) is 13.3 Å². The molecule has 11 heavy (non-hydrogen) atoms. The Labute approximate surface area is 66.5 Å². The second kappa shape index (κ2) is 3.96. The number of hydrogen-bond acceptors (Lipinski definition) is 2. The molecule has 0 unspecified atom stereocenters. The topological polar surface area (TPSA) is 26.3 Å². The molecule has 0 atom stereocenters. The lowest BCUT2D eigenvalue weighted by atomic mass is 10.1. The number of rotatable bonds is 2. The molecule has 2 nitrogen and oxygen atoms in total. The Kier molecular flexibility index (Phi) is 2.90. The molecule has 1 aliphatic carbocycles. The van der Waals surface area contributed by atoms with Crippen molar-refractivity contribution >= 4 is 5.97 Å². The van der Waals surface area contributed by atoms with E-state index in [1.54, 1.807) is 0 Å². The summed E-state index contributed by atoms with van der Waals surface area (Å²) in [6, 6.07) is 0. The number of hydrogen-bond donors (Lipinski definition) is 0. The fourth-order valence-electron chi connectivity index (χ4n) is 0.859. The molecular formula is C9H11O2. The molecule has 0 aromatic heterocycles. The maximum atomic E-state index is 10.4. The van der Waals surface area contributed by atoms with Crippen molar-refractivity contribution in [3.05, 3.63) is 30.2 Å². The van der Waals surface area contributed by atoms with Crippen LogP contribution in [0.5, 0.6) is 0 Å². The van der Waals surface area contributed by atoms with Crippen LogP contribution in [0.4, 0.5) is 0 Å². The molecule has 1 radical (unpaired) electrons. The van der Waals surface area contributed by atoms with E-state index in [2.05, 4.69) is 0 Å². The SMILES string of the molecule is CC(=O)OCC1=C[CH]C=CC1. The first-order chi connectivity index (χ1) is 5.29. The fourth-order valence-corrected chi connectivity index (χ4v) is 0.859. The first kappa shape index (κ1) is 8.05. The second-order valence-corrected chi connectivity index (χ2v) is 2.43. The molecule has 0 aromatic carbocycles. The minimum atomic E-state index is -0.222. The van der Waals surface area contributed by atoms with Gasteiger partial charge in [-0.15, -0.1) is 0 Å². The van der Waals surface area contributed by atoms with Gasteiger partial charge in [-0.05, 0) is 12.0 Å². The molecule has 2 heteroatoms. The minimum absolute atomic E-state index is 0.222.